The van der Waals surface area contributed by atoms with Gasteiger partial charge in [0.1, 0.15) is 11.0 Å². The predicted molar refractivity (Wildman–Crippen MR) is 52.2 cm³/mol. The highest BCUT2D eigenvalue weighted by Crippen LogP contribution is 2.18. The number of alkyl halides is 3. The molecule has 3 nitrogen and oxygen atoms in total. The molecule has 0 bridgehead atoms. The van der Waals surface area contributed by atoms with Crippen molar-refractivity contribution >= 4 is 17.5 Å². The Morgan fingerprint density at radius 2 is 2.12 bits per heavy atom. The molecule has 1 heterocycles. The fraction of sp³-hybridized carbons (Fsp3) is 0.333. The summed E-state index contributed by atoms with van der Waals surface area (Å²) in [6.07, 6.45) is -4.73. The monoisotopic (exact) mass is 270 g/mol. The van der Waals surface area contributed by atoms with Gasteiger partial charge in [-0.2, -0.15) is 13.2 Å². The van der Waals surface area contributed by atoms with Gasteiger partial charge in [0.25, 0.3) is 5.91 Å². The van der Waals surface area contributed by atoms with Crippen LogP contribution in [-0.2, 0) is 0 Å². The van der Waals surface area contributed by atoms with Gasteiger partial charge in [0.15, 0.2) is 0 Å². The molecule has 1 N–H and O–H groups in total. The normalized spacial score (nSPS) is 11.4. The van der Waals surface area contributed by atoms with Crippen LogP contribution in [0.3, 0.4) is 0 Å². The van der Waals surface area contributed by atoms with Crippen molar-refractivity contribution in [1.29, 1.82) is 0 Å². The van der Waals surface area contributed by atoms with E-state index in [9.17, 15) is 22.4 Å². The van der Waals surface area contributed by atoms with Crippen molar-refractivity contribution in [3.05, 3.63) is 28.8 Å². The maximum absolute atomic E-state index is 12.7. The van der Waals surface area contributed by atoms with Crippen molar-refractivity contribution in [2.75, 3.05) is 6.54 Å². The van der Waals surface area contributed by atoms with Gasteiger partial charge in [-0.15, -0.1) is 0 Å². The number of hydrogen-bond acceptors (Lipinski definition) is 2. The zero-order chi connectivity index (χ0) is 13.1. The van der Waals surface area contributed by atoms with E-state index in [0.29, 0.717) is 0 Å². The molecule has 0 unspecified atom stereocenters. The quantitative estimate of drug-likeness (QED) is 0.677. The van der Waals surface area contributed by atoms with E-state index in [1.807, 2.05) is 5.32 Å². The first kappa shape index (κ1) is 13.7. The summed E-state index contributed by atoms with van der Waals surface area (Å²) in [5, 5.41) is 1.71. The van der Waals surface area contributed by atoms with Gasteiger partial charge in [0.2, 0.25) is 0 Å². The van der Waals surface area contributed by atoms with Crippen LogP contribution in [0, 0.1) is 5.82 Å². The Bertz CT molecular complexity index is 422. The van der Waals surface area contributed by atoms with E-state index in [1.54, 1.807) is 0 Å². The Hall–Kier alpha value is -1.37. The van der Waals surface area contributed by atoms with Gasteiger partial charge in [0.05, 0.1) is 18.2 Å². The van der Waals surface area contributed by atoms with Gasteiger partial charge >= 0.3 is 6.18 Å². The van der Waals surface area contributed by atoms with E-state index in [2.05, 4.69) is 4.98 Å². The number of aromatic nitrogens is 1. The zero-order valence-corrected chi connectivity index (χ0v) is 9.07. The highest BCUT2D eigenvalue weighted by Gasteiger charge is 2.26. The number of hydrogen-bond donors (Lipinski definition) is 1. The first-order chi connectivity index (χ1) is 7.79. The maximum atomic E-state index is 12.7. The Kier molecular flexibility index (Phi) is 4.28. The van der Waals surface area contributed by atoms with Gasteiger partial charge in [-0.1, -0.05) is 11.6 Å². The number of pyridine rings is 1. The fourth-order valence-electron chi connectivity index (χ4n) is 0.995. The minimum Gasteiger partial charge on any atom is -0.352 e. The van der Waals surface area contributed by atoms with Crippen molar-refractivity contribution in [2.45, 2.75) is 12.6 Å². The molecule has 8 heteroatoms. The van der Waals surface area contributed by atoms with Gasteiger partial charge in [0, 0.05) is 6.54 Å². The highest BCUT2D eigenvalue weighted by molar-refractivity contribution is 6.32. The number of rotatable bonds is 3. The van der Waals surface area contributed by atoms with Gasteiger partial charge in [-0.05, 0) is 6.07 Å². The van der Waals surface area contributed by atoms with Crippen molar-refractivity contribution in [3.63, 3.8) is 0 Å². The first-order valence-electron chi connectivity index (χ1n) is 4.45. The van der Waals surface area contributed by atoms with Crippen LogP contribution in [-0.4, -0.2) is 23.6 Å². The standard InChI is InChI=1S/C9H7ClF4N2O/c10-7-6(3-5(11)4-16-7)8(17)15-2-1-9(12,13)14/h3-4H,1-2H2,(H,15,17). The molecule has 0 aliphatic rings. The second-order valence-corrected chi connectivity index (χ2v) is 3.47. The number of carbonyl (C=O) groups excluding carboxylic acids is 1. The average molecular weight is 271 g/mol. The lowest BCUT2D eigenvalue weighted by atomic mass is 10.2. The summed E-state index contributed by atoms with van der Waals surface area (Å²) < 4.78 is 48.1. The summed E-state index contributed by atoms with van der Waals surface area (Å²) in [5.74, 6) is -1.69. The molecule has 0 spiro atoms. The summed E-state index contributed by atoms with van der Waals surface area (Å²) in [7, 11) is 0. The summed E-state index contributed by atoms with van der Waals surface area (Å²) in [5.41, 5.74) is -0.297. The predicted octanol–water partition coefficient (Wildman–Crippen LogP) is 2.56. The summed E-state index contributed by atoms with van der Waals surface area (Å²) in [6, 6.07) is 0.804. The highest BCUT2D eigenvalue weighted by atomic mass is 35.5. The minimum absolute atomic E-state index is 0.268. The molecule has 0 aromatic carbocycles. The van der Waals surface area contributed by atoms with Crippen LogP contribution in [0.2, 0.25) is 5.15 Å². The Morgan fingerprint density at radius 1 is 1.47 bits per heavy atom. The lowest BCUT2D eigenvalue weighted by molar-refractivity contribution is -0.132. The molecule has 0 saturated carbocycles. The summed E-state index contributed by atoms with van der Waals surface area (Å²) >= 11 is 5.50. The van der Waals surface area contributed by atoms with E-state index in [-0.39, 0.29) is 10.7 Å². The van der Waals surface area contributed by atoms with Crippen LogP contribution >= 0.6 is 11.6 Å². The Morgan fingerprint density at radius 3 is 2.71 bits per heavy atom. The zero-order valence-electron chi connectivity index (χ0n) is 8.31. The number of amides is 1. The third-order valence-electron chi connectivity index (χ3n) is 1.74. The number of nitrogens with one attached hydrogen (secondary N) is 1. The number of nitrogens with zero attached hydrogens (tertiary/aromatic N) is 1. The first-order valence-corrected chi connectivity index (χ1v) is 4.83. The topological polar surface area (TPSA) is 42.0 Å². The Labute approximate surface area is 98.8 Å². The lowest BCUT2D eigenvalue weighted by Gasteiger charge is -2.08. The lowest BCUT2D eigenvalue weighted by Crippen LogP contribution is -2.28. The second kappa shape index (κ2) is 5.31. The SMILES string of the molecule is O=C(NCCC(F)(F)F)c1cc(F)cnc1Cl. The van der Waals surface area contributed by atoms with Crippen LogP contribution in [0.4, 0.5) is 17.6 Å². The molecule has 94 valence electrons. The average Bonchev–Trinajstić information content (AvgIpc) is 2.19. The van der Waals surface area contributed by atoms with Crippen LogP contribution in [0.15, 0.2) is 12.3 Å². The summed E-state index contributed by atoms with van der Waals surface area (Å²) in [4.78, 5) is 14.7. The van der Waals surface area contributed by atoms with Crippen LogP contribution in [0.25, 0.3) is 0 Å². The molecular formula is C9H7ClF4N2O. The molecular weight excluding hydrogens is 264 g/mol. The Balaban J connectivity index is 2.61. The third-order valence-corrected chi connectivity index (χ3v) is 2.05. The molecule has 1 aromatic rings. The smallest absolute Gasteiger partial charge is 0.352 e. The van der Waals surface area contributed by atoms with Crippen LogP contribution < -0.4 is 5.32 Å². The van der Waals surface area contributed by atoms with E-state index < -0.39 is 30.9 Å². The van der Waals surface area contributed by atoms with Crippen molar-refractivity contribution in [2.24, 2.45) is 0 Å². The van der Waals surface area contributed by atoms with E-state index >= 15 is 0 Å². The minimum atomic E-state index is -4.36. The van der Waals surface area contributed by atoms with E-state index in [0.717, 1.165) is 12.3 Å². The van der Waals surface area contributed by atoms with Gasteiger partial charge < -0.3 is 5.32 Å². The molecule has 1 amide bonds. The molecule has 1 rings (SSSR count). The van der Waals surface area contributed by atoms with Crippen LogP contribution in [0.5, 0.6) is 0 Å². The molecule has 0 aliphatic carbocycles. The molecule has 0 aliphatic heterocycles. The van der Waals surface area contributed by atoms with Crippen molar-refractivity contribution in [3.8, 4) is 0 Å². The maximum Gasteiger partial charge on any atom is 0.390 e. The largest absolute Gasteiger partial charge is 0.390 e. The molecule has 0 fully saturated rings. The van der Waals surface area contributed by atoms with Gasteiger partial charge in [-0.3, -0.25) is 4.79 Å². The molecule has 0 saturated heterocycles. The summed E-state index contributed by atoms with van der Waals surface area (Å²) in [6.45, 7) is -0.602. The van der Waals surface area contributed by atoms with Crippen molar-refractivity contribution < 1.29 is 22.4 Å². The van der Waals surface area contributed by atoms with E-state index in [1.165, 1.54) is 0 Å². The fourth-order valence-corrected chi connectivity index (χ4v) is 1.18. The number of halogens is 5. The molecule has 1 aromatic heterocycles. The molecule has 0 radical (unpaired) electrons. The van der Waals surface area contributed by atoms with Crippen molar-refractivity contribution in [1.82, 2.24) is 10.3 Å². The number of carbonyl (C=O) groups is 1. The van der Waals surface area contributed by atoms with Gasteiger partial charge in [-0.25, -0.2) is 9.37 Å². The van der Waals surface area contributed by atoms with E-state index in [4.69, 9.17) is 11.6 Å². The second-order valence-electron chi connectivity index (χ2n) is 3.11. The molecule has 0 atom stereocenters. The molecule has 17 heavy (non-hydrogen) atoms. The third kappa shape index (κ3) is 4.56. The van der Waals surface area contributed by atoms with Crippen LogP contribution in [0.1, 0.15) is 16.8 Å².